The van der Waals surface area contributed by atoms with Crippen LogP contribution in [0.2, 0.25) is 0 Å². The van der Waals surface area contributed by atoms with Gasteiger partial charge in [0.05, 0.1) is 27.2 Å². The molecule has 1 amide bonds. The Morgan fingerprint density at radius 1 is 1.39 bits per heavy atom. The third kappa shape index (κ3) is 3.65. The first kappa shape index (κ1) is 16.2. The topological polar surface area (TPSA) is 44.7 Å². The number of carbonyl (C=O) groups is 1. The highest BCUT2D eigenvalue weighted by Crippen LogP contribution is 2.27. The minimum atomic E-state index is -0.375. The SMILES string of the molecule is CN1SN=C(c2cccs2)C=C1C(=O)Nc1ccc(F)c(Br)c1. The second-order valence-electron chi connectivity index (χ2n) is 4.65. The van der Waals surface area contributed by atoms with Crippen molar-refractivity contribution in [1.29, 1.82) is 0 Å². The number of amides is 1. The van der Waals surface area contributed by atoms with Gasteiger partial charge in [0.15, 0.2) is 0 Å². The second kappa shape index (κ2) is 6.86. The average molecular weight is 412 g/mol. The molecule has 2 aromatic rings. The molecule has 0 aliphatic carbocycles. The van der Waals surface area contributed by atoms with Crippen LogP contribution in [0.5, 0.6) is 0 Å². The van der Waals surface area contributed by atoms with Gasteiger partial charge >= 0.3 is 0 Å². The smallest absolute Gasteiger partial charge is 0.272 e. The minimum absolute atomic E-state index is 0.275. The van der Waals surface area contributed by atoms with Crippen LogP contribution >= 0.6 is 39.4 Å². The molecule has 1 aromatic carbocycles. The maximum absolute atomic E-state index is 13.3. The molecule has 4 nitrogen and oxygen atoms in total. The number of carbonyl (C=O) groups excluding carboxylic acids is 1. The lowest BCUT2D eigenvalue weighted by Gasteiger charge is -2.22. The summed E-state index contributed by atoms with van der Waals surface area (Å²) in [5.74, 6) is -0.651. The van der Waals surface area contributed by atoms with Crippen LogP contribution in [0.3, 0.4) is 0 Å². The summed E-state index contributed by atoms with van der Waals surface area (Å²) >= 11 is 5.88. The Hall–Kier alpha value is -1.64. The van der Waals surface area contributed by atoms with Crippen molar-refractivity contribution in [3.8, 4) is 0 Å². The monoisotopic (exact) mass is 411 g/mol. The van der Waals surface area contributed by atoms with Crippen molar-refractivity contribution in [2.24, 2.45) is 4.40 Å². The number of allylic oxidation sites excluding steroid dienone is 1. The van der Waals surface area contributed by atoms with Gasteiger partial charge in [0, 0.05) is 12.7 Å². The highest BCUT2D eigenvalue weighted by molar-refractivity contribution is 9.10. The number of nitrogens with one attached hydrogen (secondary N) is 1. The predicted octanol–water partition coefficient (Wildman–Crippen LogP) is 4.47. The molecule has 0 bridgehead atoms. The van der Waals surface area contributed by atoms with Crippen LogP contribution in [-0.2, 0) is 4.79 Å². The molecule has 1 aromatic heterocycles. The lowest BCUT2D eigenvalue weighted by atomic mass is 10.2. The molecule has 0 radical (unpaired) electrons. The van der Waals surface area contributed by atoms with Gasteiger partial charge < -0.3 is 5.32 Å². The second-order valence-corrected chi connectivity index (χ2v) is 7.34. The van der Waals surface area contributed by atoms with E-state index in [4.69, 9.17) is 0 Å². The molecular formula is C15H11BrFN3OS2. The van der Waals surface area contributed by atoms with Gasteiger partial charge in [0.2, 0.25) is 0 Å². The fourth-order valence-corrected chi connectivity index (χ4v) is 3.62. The maximum atomic E-state index is 13.3. The summed E-state index contributed by atoms with van der Waals surface area (Å²) in [5, 5.41) is 4.73. The van der Waals surface area contributed by atoms with Crippen molar-refractivity contribution >= 4 is 56.7 Å². The number of hydrogen-bond acceptors (Lipinski definition) is 5. The molecule has 1 aliphatic rings. The summed E-state index contributed by atoms with van der Waals surface area (Å²) in [6.07, 6.45) is 1.75. The van der Waals surface area contributed by atoms with E-state index in [-0.39, 0.29) is 11.7 Å². The number of thiophene rings is 1. The molecule has 1 aliphatic heterocycles. The van der Waals surface area contributed by atoms with Crippen molar-refractivity contribution < 1.29 is 9.18 Å². The van der Waals surface area contributed by atoms with Crippen LogP contribution < -0.4 is 5.32 Å². The molecule has 3 rings (SSSR count). The largest absolute Gasteiger partial charge is 0.321 e. The van der Waals surface area contributed by atoms with E-state index in [1.807, 2.05) is 17.5 Å². The molecular weight excluding hydrogens is 401 g/mol. The lowest BCUT2D eigenvalue weighted by molar-refractivity contribution is -0.113. The number of halogens is 2. The summed E-state index contributed by atoms with van der Waals surface area (Å²) in [6, 6.07) is 8.24. The standard InChI is InChI=1S/C15H11BrFN3OS2/c1-20-13(8-12(19-23-20)14-3-2-6-22-14)15(21)18-9-4-5-11(17)10(16)7-9/h2-8H,1H3,(H,18,21). The Bertz CT molecular complexity index is 805. The molecule has 0 atom stereocenters. The molecule has 1 N–H and O–H groups in total. The molecule has 23 heavy (non-hydrogen) atoms. The number of benzene rings is 1. The Balaban J connectivity index is 1.82. The van der Waals surface area contributed by atoms with Gasteiger partial charge in [-0.15, -0.1) is 11.3 Å². The first-order valence-electron chi connectivity index (χ1n) is 6.55. The molecule has 118 valence electrons. The first-order chi connectivity index (χ1) is 11.0. The average Bonchev–Trinajstić information content (AvgIpc) is 3.06. The number of anilines is 1. The van der Waals surface area contributed by atoms with Crippen molar-refractivity contribution in [2.45, 2.75) is 0 Å². The zero-order valence-corrected chi connectivity index (χ0v) is 15.1. The third-order valence-electron chi connectivity index (χ3n) is 3.06. The number of hydrogen-bond donors (Lipinski definition) is 1. The van der Waals surface area contributed by atoms with Crippen LogP contribution in [0.1, 0.15) is 4.88 Å². The molecule has 0 saturated heterocycles. The van der Waals surface area contributed by atoms with E-state index in [0.717, 1.165) is 10.6 Å². The summed E-state index contributed by atoms with van der Waals surface area (Å²) in [7, 11) is 1.77. The van der Waals surface area contributed by atoms with E-state index in [1.54, 1.807) is 28.8 Å². The Labute approximate surface area is 149 Å². The first-order valence-corrected chi connectivity index (χ1v) is 8.96. The van der Waals surface area contributed by atoms with Crippen LogP contribution in [0.4, 0.5) is 10.1 Å². The number of likely N-dealkylation sites (N-methyl/N-ethyl adjacent to an activating group) is 1. The molecule has 0 spiro atoms. The molecule has 2 heterocycles. The summed E-state index contributed by atoms with van der Waals surface area (Å²) in [6.45, 7) is 0. The summed E-state index contributed by atoms with van der Waals surface area (Å²) < 4.78 is 19.6. The molecule has 0 fully saturated rings. The van der Waals surface area contributed by atoms with Gasteiger partial charge in [-0.25, -0.2) is 4.39 Å². The van der Waals surface area contributed by atoms with Crippen LogP contribution in [-0.4, -0.2) is 23.0 Å². The van der Waals surface area contributed by atoms with Crippen molar-refractivity contribution in [2.75, 3.05) is 12.4 Å². The van der Waals surface area contributed by atoms with Gasteiger partial charge in [-0.2, -0.15) is 4.40 Å². The van der Waals surface area contributed by atoms with Crippen LogP contribution in [0.15, 0.2) is 56.4 Å². The van der Waals surface area contributed by atoms with E-state index >= 15 is 0 Å². The lowest BCUT2D eigenvalue weighted by Crippen LogP contribution is -2.26. The van der Waals surface area contributed by atoms with Crippen molar-refractivity contribution in [1.82, 2.24) is 4.31 Å². The van der Waals surface area contributed by atoms with Crippen molar-refractivity contribution in [3.63, 3.8) is 0 Å². The van der Waals surface area contributed by atoms with E-state index in [2.05, 4.69) is 25.6 Å². The van der Waals surface area contributed by atoms with Gasteiger partial charge in [-0.1, -0.05) is 6.07 Å². The fourth-order valence-electron chi connectivity index (χ4n) is 1.91. The van der Waals surface area contributed by atoms with Gasteiger partial charge in [-0.3, -0.25) is 9.10 Å². The maximum Gasteiger partial charge on any atom is 0.272 e. The number of rotatable bonds is 3. The van der Waals surface area contributed by atoms with Crippen molar-refractivity contribution in [3.05, 3.63) is 62.7 Å². The minimum Gasteiger partial charge on any atom is -0.321 e. The van der Waals surface area contributed by atoms with E-state index in [1.165, 1.54) is 30.3 Å². The van der Waals surface area contributed by atoms with Gasteiger partial charge in [-0.05, 0) is 51.7 Å². The van der Waals surface area contributed by atoms with E-state index in [0.29, 0.717) is 15.9 Å². The number of nitrogens with zero attached hydrogens (tertiary/aromatic N) is 2. The zero-order valence-electron chi connectivity index (χ0n) is 11.9. The Morgan fingerprint density at radius 3 is 2.91 bits per heavy atom. The van der Waals surface area contributed by atoms with E-state index < -0.39 is 0 Å². The van der Waals surface area contributed by atoms with Crippen LogP contribution in [0, 0.1) is 5.82 Å². The Morgan fingerprint density at radius 2 is 2.22 bits per heavy atom. The normalized spacial score (nSPS) is 14.3. The van der Waals surface area contributed by atoms with Crippen LogP contribution in [0.25, 0.3) is 0 Å². The van der Waals surface area contributed by atoms with Gasteiger partial charge in [0.25, 0.3) is 5.91 Å². The highest BCUT2D eigenvalue weighted by atomic mass is 79.9. The predicted molar refractivity (Wildman–Crippen MR) is 97.0 cm³/mol. The molecule has 8 heteroatoms. The Kier molecular flexibility index (Phi) is 4.84. The summed E-state index contributed by atoms with van der Waals surface area (Å²) in [4.78, 5) is 13.5. The fraction of sp³-hybridized carbons (Fsp3) is 0.0667. The third-order valence-corrected chi connectivity index (χ3v) is 5.28. The quantitative estimate of drug-likeness (QED) is 0.757. The summed E-state index contributed by atoms with van der Waals surface area (Å²) in [5.41, 5.74) is 1.75. The molecule has 0 saturated carbocycles. The zero-order chi connectivity index (χ0) is 16.4. The van der Waals surface area contributed by atoms with Gasteiger partial charge in [0.1, 0.15) is 11.5 Å². The highest BCUT2D eigenvalue weighted by Gasteiger charge is 2.21. The molecule has 0 unspecified atom stereocenters. The van der Waals surface area contributed by atoms with E-state index in [9.17, 15) is 9.18 Å².